The summed E-state index contributed by atoms with van der Waals surface area (Å²) < 4.78 is 0. The van der Waals surface area contributed by atoms with Gasteiger partial charge in [-0.15, -0.1) is 0 Å². The lowest BCUT2D eigenvalue weighted by molar-refractivity contribution is 0.594. The highest BCUT2D eigenvalue weighted by Gasteiger charge is 2.12. The summed E-state index contributed by atoms with van der Waals surface area (Å²) in [6.45, 7) is 6.69. The van der Waals surface area contributed by atoms with Gasteiger partial charge in [0.05, 0.1) is 0 Å². The van der Waals surface area contributed by atoms with Crippen LogP contribution in [0.15, 0.2) is 16.3 Å². The van der Waals surface area contributed by atoms with Crippen LogP contribution in [0.4, 0.5) is 0 Å². The lowest BCUT2D eigenvalue weighted by Gasteiger charge is -2.09. The van der Waals surface area contributed by atoms with E-state index in [9.17, 15) is 0 Å². The van der Waals surface area contributed by atoms with Crippen LogP contribution in [0, 0.1) is 5.92 Å². The van der Waals surface area contributed by atoms with E-state index in [1.54, 1.807) is 0 Å². The summed E-state index contributed by atoms with van der Waals surface area (Å²) in [7, 11) is 0. The van der Waals surface area contributed by atoms with E-state index in [4.69, 9.17) is 0 Å². The molecule has 0 saturated carbocycles. The van der Waals surface area contributed by atoms with Crippen LogP contribution in [0.3, 0.4) is 0 Å². The topological polar surface area (TPSA) is 12.4 Å². The number of rotatable bonds is 3. The minimum Gasteiger partial charge on any atom is -0.265 e. The van der Waals surface area contributed by atoms with Crippen LogP contribution in [0.25, 0.3) is 0 Å². The van der Waals surface area contributed by atoms with Gasteiger partial charge in [-0.2, -0.15) is 0 Å². The summed E-state index contributed by atoms with van der Waals surface area (Å²) >= 11 is 0. The zero-order valence-electron chi connectivity index (χ0n) is 7.72. The molecule has 1 heteroatoms. The molecule has 0 saturated heterocycles. The summed E-state index contributed by atoms with van der Waals surface area (Å²) in [5.74, 6) is 0.666. The lowest BCUT2D eigenvalue weighted by atomic mass is 9.99. The lowest BCUT2D eigenvalue weighted by Crippen LogP contribution is -1.96. The van der Waals surface area contributed by atoms with Crippen molar-refractivity contribution in [3.8, 4) is 0 Å². The molecular formula is C10H17N. The summed E-state index contributed by atoms with van der Waals surface area (Å²) in [5.41, 5.74) is 2.80. The van der Waals surface area contributed by atoms with Gasteiger partial charge in [-0.25, -0.2) is 0 Å². The Morgan fingerprint density at radius 2 is 2.36 bits per heavy atom. The van der Waals surface area contributed by atoms with Crippen molar-refractivity contribution in [3.05, 3.63) is 11.3 Å². The summed E-state index contributed by atoms with van der Waals surface area (Å²) in [6, 6.07) is 0. The van der Waals surface area contributed by atoms with E-state index in [0.717, 1.165) is 6.42 Å². The van der Waals surface area contributed by atoms with Crippen molar-refractivity contribution >= 4 is 6.21 Å². The molecule has 11 heavy (non-hydrogen) atoms. The van der Waals surface area contributed by atoms with E-state index in [0.29, 0.717) is 5.92 Å². The molecular weight excluding hydrogens is 134 g/mol. The first kappa shape index (κ1) is 8.51. The number of hydrogen-bond acceptors (Lipinski definition) is 1. The van der Waals surface area contributed by atoms with Crippen molar-refractivity contribution in [1.29, 1.82) is 0 Å². The molecule has 1 rings (SSSR count). The Balaban J connectivity index is 2.58. The molecule has 1 aliphatic heterocycles. The molecule has 0 N–H and O–H groups in total. The minimum absolute atomic E-state index is 0.666. The molecule has 0 bridgehead atoms. The molecule has 1 heterocycles. The van der Waals surface area contributed by atoms with Gasteiger partial charge in [0, 0.05) is 18.3 Å². The molecule has 0 radical (unpaired) electrons. The Morgan fingerprint density at radius 1 is 1.64 bits per heavy atom. The normalized spacial score (nSPS) is 19.5. The Hall–Kier alpha value is -0.590. The van der Waals surface area contributed by atoms with Crippen molar-refractivity contribution in [1.82, 2.24) is 0 Å². The Labute approximate surface area is 69.2 Å². The molecule has 1 atom stereocenters. The van der Waals surface area contributed by atoms with E-state index < -0.39 is 0 Å². The van der Waals surface area contributed by atoms with Crippen molar-refractivity contribution < 1.29 is 0 Å². The van der Waals surface area contributed by atoms with E-state index in [-0.39, 0.29) is 0 Å². The third-order valence-corrected chi connectivity index (χ3v) is 2.25. The van der Waals surface area contributed by atoms with Crippen LogP contribution in [-0.4, -0.2) is 6.21 Å². The Kier molecular flexibility index (Phi) is 2.86. The maximum atomic E-state index is 4.39. The molecule has 0 aromatic rings. The fourth-order valence-corrected chi connectivity index (χ4v) is 1.61. The molecule has 0 fully saturated rings. The molecule has 62 valence electrons. The highest BCUT2D eigenvalue weighted by Crippen LogP contribution is 2.25. The molecule has 0 spiro atoms. The van der Waals surface area contributed by atoms with Gasteiger partial charge in [0.2, 0.25) is 0 Å². The van der Waals surface area contributed by atoms with Gasteiger partial charge >= 0.3 is 0 Å². The first-order valence-corrected chi connectivity index (χ1v) is 4.47. The zero-order chi connectivity index (χ0) is 8.27. The summed E-state index contributed by atoms with van der Waals surface area (Å²) in [4.78, 5) is 4.39. The van der Waals surface area contributed by atoms with Crippen LogP contribution >= 0.6 is 0 Å². The third kappa shape index (κ3) is 1.92. The van der Waals surface area contributed by atoms with Gasteiger partial charge < -0.3 is 0 Å². The van der Waals surface area contributed by atoms with Crippen LogP contribution in [-0.2, 0) is 0 Å². The van der Waals surface area contributed by atoms with Crippen LogP contribution < -0.4 is 0 Å². The van der Waals surface area contributed by atoms with Crippen molar-refractivity contribution in [2.75, 3.05) is 0 Å². The maximum Gasteiger partial charge on any atom is 0.0420 e. The quantitative estimate of drug-likeness (QED) is 0.587. The monoisotopic (exact) mass is 151 g/mol. The van der Waals surface area contributed by atoms with Gasteiger partial charge in [0.25, 0.3) is 0 Å². The summed E-state index contributed by atoms with van der Waals surface area (Å²) in [5, 5.41) is 0. The van der Waals surface area contributed by atoms with Crippen LogP contribution in [0.1, 0.15) is 40.0 Å². The second kappa shape index (κ2) is 3.70. The second-order valence-electron chi connectivity index (χ2n) is 3.37. The molecule has 0 aromatic carbocycles. The van der Waals surface area contributed by atoms with Gasteiger partial charge in [0.15, 0.2) is 0 Å². The van der Waals surface area contributed by atoms with Crippen molar-refractivity contribution in [2.45, 2.75) is 40.0 Å². The Morgan fingerprint density at radius 3 is 2.82 bits per heavy atom. The third-order valence-electron chi connectivity index (χ3n) is 2.25. The first-order valence-electron chi connectivity index (χ1n) is 4.47. The number of allylic oxidation sites excluding steroid dienone is 2. The predicted octanol–water partition coefficient (Wildman–Crippen LogP) is 3.17. The van der Waals surface area contributed by atoms with Gasteiger partial charge in [-0.3, -0.25) is 4.99 Å². The molecule has 1 aliphatic rings. The van der Waals surface area contributed by atoms with Crippen LogP contribution in [0.2, 0.25) is 0 Å². The average molecular weight is 151 g/mol. The smallest absolute Gasteiger partial charge is 0.0420 e. The van der Waals surface area contributed by atoms with Gasteiger partial charge in [-0.05, 0) is 24.8 Å². The molecule has 0 amide bonds. The Bertz CT molecular complexity index is 189. The fourth-order valence-electron chi connectivity index (χ4n) is 1.61. The molecule has 0 aliphatic carbocycles. The van der Waals surface area contributed by atoms with E-state index >= 15 is 0 Å². The fraction of sp³-hybridized carbons (Fsp3) is 0.700. The van der Waals surface area contributed by atoms with Crippen molar-refractivity contribution in [2.24, 2.45) is 10.9 Å². The highest BCUT2D eigenvalue weighted by atomic mass is 14.8. The minimum atomic E-state index is 0.666. The molecule has 0 aromatic heterocycles. The van der Waals surface area contributed by atoms with Crippen molar-refractivity contribution in [3.63, 3.8) is 0 Å². The standard InChI is InChI=1S/C10H17N/c1-4-5-8(2)10-9(3)6-7-11-10/h7-8H,4-6H2,1-3H3. The number of nitrogens with zero attached hydrogens (tertiary/aromatic N) is 1. The van der Waals surface area contributed by atoms with Gasteiger partial charge in [-0.1, -0.05) is 20.3 Å². The maximum absolute atomic E-state index is 4.39. The number of hydrogen-bond donors (Lipinski definition) is 0. The largest absolute Gasteiger partial charge is 0.265 e. The van der Waals surface area contributed by atoms with Crippen LogP contribution in [0.5, 0.6) is 0 Å². The molecule has 1 unspecified atom stereocenters. The van der Waals surface area contributed by atoms with E-state index in [2.05, 4.69) is 25.8 Å². The first-order chi connectivity index (χ1) is 5.25. The highest BCUT2D eigenvalue weighted by molar-refractivity contribution is 5.67. The predicted molar refractivity (Wildman–Crippen MR) is 49.9 cm³/mol. The summed E-state index contributed by atoms with van der Waals surface area (Å²) in [6.07, 6.45) is 5.62. The van der Waals surface area contributed by atoms with Gasteiger partial charge in [0.1, 0.15) is 0 Å². The van der Waals surface area contributed by atoms with E-state index in [1.165, 1.54) is 24.1 Å². The average Bonchev–Trinajstić information content (AvgIpc) is 2.36. The zero-order valence-corrected chi connectivity index (χ0v) is 7.72. The second-order valence-corrected chi connectivity index (χ2v) is 3.37. The SMILES string of the molecule is CCCC(C)C1=C(C)CC=N1. The number of aliphatic imine (C=N–C) groups is 1. The molecule has 1 nitrogen and oxygen atoms in total. The van der Waals surface area contributed by atoms with E-state index in [1.807, 2.05) is 6.21 Å².